The number of hydrogen-bond donors (Lipinski definition) is 6. The molecular weight excluding hydrogens is 1030 g/mol. The van der Waals surface area contributed by atoms with Crippen molar-refractivity contribution in [3.05, 3.63) is 0 Å². The molecule has 0 spiro atoms. The summed E-state index contributed by atoms with van der Waals surface area (Å²) in [7, 11) is -5.08. The zero-order valence-corrected chi connectivity index (χ0v) is 53.3. The van der Waals surface area contributed by atoms with Crippen molar-refractivity contribution < 1.29 is 51.8 Å². The molecule has 6 N–H and O–H groups in total. The third kappa shape index (κ3) is 48.3. The van der Waals surface area contributed by atoms with Crippen LogP contribution in [0.25, 0.3) is 0 Å². The van der Waals surface area contributed by atoms with Gasteiger partial charge in [-0.3, -0.25) is 9.35 Å². The second kappa shape index (κ2) is 57.2. The van der Waals surface area contributed by atoms with Crippen molar-refractivity contribution in [3.63, 3.8) is 0 Å². The summed E-state index contributed by atoms with van der Waals surface area (Å²) in [6.07, 6.45) is 61.6. The summed E-state index contributed by atoms with van der Waals surface area (Å²) in [5.41, 5.74) is 0. The number of hydrogen-bond acceptors (Lipinski definition) is 10. The maximum absolute atomic E-state index is 13.2. The lowest BCUT2D eigenvalue weighted by Gasteiger charge is -2.41. The molecule has 0 aromatic heterocycles. The van der Waals surface area contributed by atoms with Gasteiger partial charge in [-0.05, 0) is 12.8 Å². The third-order valence-corrected chi connectivity index (χ3v) is 17.6. The molecule has 1 amide bonds. The van der Waals surface area contributed by atoms with Crippen LogP contribution in [-0.2, 0) is 28.9 Å². The lowest BCUT2D eigenvalue weighted by atomic mass is 9.99. The van der Waals surface area contributed by atoms with Gasteiger partial charge in [0.05, 0.1) is 25.4 Å². The van der Waals surface area contributed by atoms with Gasteiger partial charge in [0.1, 0.15) is 24.4 Å². The van der Waals surface area contributed by atoms with Gasteiger partial charge in [0.15, 0.2) is 6.29 Å². The number of carbonyl (C=O) groups is 1. The molecule has 12 nitrogen and oxygen atoms in total. The van der Waals surface area contributed by atoms with E-state index in [4.69, 9.17) is 9.47 Å². The standard InChI is InChI=1S/C67H133NO11S/c1-3-5-7-9-11-13-15-17-19-21-22-23-24-25-26-27-28-29-30-31-32-33-34-35-36-37-38-39-40-41-43-45-47-49-51-53-55-57-63(71)68-60(59-77-67-65(73)66(79-80(74,75)76)64(72)62(58-69)78-67)61(70)56-54-52-50-48-46-44-42-20-18-16-14-12-10-8-6-4-2/h60-62,64-67,69-70,72-73H,3-59H2,1-2H3,(H,68,71)(H,74,75,76). The molecule has 0 aliphatic carbocycles. The van der Waals surface area contributed by atoms with Crippen molar-refractivity contribution in [2.75, 3.05) is 13.2 Å². The fourth-order valence-electron chi connectivity index (χ4n) is 11.8. The number of carbonyl (C=O) groups excluding carboxylic acids is 1. The first-order valence-electron chi connectivity index (χ1n) is 34.9. The zero-order chi connectivity index (χ0) is 58.3. The minimum Gasteiger partial charge on any atom is -0.394 e. The highest BCUT2D eigenvalue weighted by Gasteiger charge is 2.48. The average molecular weight is 1160 g/mol. The van der Waals surface area contributed by atoms with Crippen LogP contribution in [0.3, 0.4) is 0 Å². The van der Waals surface area contributed by atoms with Gasteiger partial charge < -0.3 is 35.2 Å². The molecule has 1 heterocycles. The first-order valence-corrected chi connectivity index (χ1v) is 36.3. The highest BCUT2D eigenvalue weighted by atomic mass is 32.3. The minimum atomic E-state index is -5.08. The normalized spacial score (nSPS) is 18.5. The lowest BCUT2D eigenvalue weighted by molar-refractivity contribution is -0.298. The van der Waals surface area contributed by atoms with E-state index < -0.39 is 59.9 Å². The van der Waals surface area contributed by atoms with Crippen LogP contribution in [0.2, 0.25) is 0 Å². The molecule has 1 fully saturated rings. The predicted molar refractivity (Wildman–Crippen MR) is 333 cm³/mol. The van der Waals surface area contributed by atoms with Gasteiger partial charge in [0, 0.05) is 6.42 Å². The smallest absolute Gasteiger partial charge is 0.394 e. The molecule has 1 saturated heterocycles. The molecule has 0 aromatic rings. The molecule has 0 bridgehead atoms. The SMILES string of the molecule is CCCCCCCCCCCCCCCCCCCCCCCCCCCCCCCCCCCCCCCC(=O)NC(COC1OC(CO)C(O)C(OS(=O)(=O)O)C1O)C(O)CCCCCCCCCCCCCCCCCC. The summed E-state index contributed by atoms with van der Waals surface area (Å²) in [6.45, 7) is 3.52. The summed E-state index contributed by atoms with van der Waals surface area (Å²) in [4.78, 5) is 13.2. The molecule has 0 radical (unpaired) electrons. The maximum Gasteiger partial charge on any atom is 0.397 e. The van der Waals surface area contributed by atoms with Crippen molar-refractivity contribution in [2.24, 2.45) is 0 Å². The van der Waals surface area contributed by atoms with Gasteiger partial charge in [0.2, 0.25) is 5.91 Å². The minimum absolute atomic E-state index is 0.220. The van der Waals surface area contributed by atoms with Crippen LogP contribution in [0, 0.1) is 0 Å². The fraction of sp³-hybridized carbons (Fsp3) is 0.985. The van der Waals surface area contributed by atoms with Gasteiger partial charge >= 0.3 is 10.4 Å². The average Bonchev–Trinajstić information content (AvgIpc) is 3.43. The van der Waals surface area contributed by atoms with E-state index in [2.05, 4.69) is 23.3 Å². The molecular formula is C67H133NO11S. The van der Waals surface area contributed by atoms with Crippen LogP contribution < -0.4 is 5.32 Å². The first-order chi connectivity index (χ1) is 39.0. The molecule has 7 atom stereocenters. The maximum atomic E-state index is 13.2. The summed E-state index contributed by atoms with van der Waals surface area (Å²) >= 11 is 0. The summed E-state index contributed by atoms with van der Waals surface area (Å²) in [5.74, 6) is -0.220. The topological polar surface area (TPSA) is 192 Å². The van der Waals surface area contributed by atoms with Crippen LogP contribution in [0.15, 0.2) is 0 Å². The monoisotopic (exact) mass is 1160 g/mol. The Morgan fingerprint density at radius 2 is 0.725 bits per heavy atom. The van der Waals surface area contributed by atoms with Crippen molar-refractivity contribution in [1.29, 1.82) is 0 Å². The molecule has 1 aliphatic rings. The van der Waals surface area contributed by atoms with E-state index in [1.165, 1.54) is 289 Å². The number of amides is 1. The number of rotatable bonds is 63. The zero-order valence-electron chi connectivity index (χ0n) is 52.4. The van der Waals surface area contributed by atoms with Crippen LogP contribution in [-0.4, -0.2) is 95.4 Å². The first kappa shape index (κ1) is 77.1. The van der Waals surface area contributed by atoms with E-state index in [0.717, 1.165) is 51.4 Å². The van der Waals surface area contributed by atoms with Crippen molar-refractivity contribution in [3.8, 4) is 0 Å². The molecule has 13 heteroatoms. The summed E-state index contributed by atoms with van der Waals surface area (Å²) < 4.78 is 48.0. The van der Waals surface area contributed by atoms with Crippen LogP contribution in [0.1, 0.15) is 367 Å². The quantitative estimate of drug-likeness (QED) is 0.0251. The van der Waals surface area contributed by atoms with E-state index in [9.17, 15) is 38.2 Å². The molecule has 1 rings (SSSR count). The van der Waals surface area contributed by atoms with Crippen molar-refractivity contribution in [2.45, 2.75) is 410 Å². The number of aliphatic hydroxyl groups is 4. The van der Waals surface area contributed by atoms with Crippen LogP contribution in [0.5, 0.6) is 0 Å². The highest BCUT2D eigenvalue weighted by molar-refractivity contribution is 7.80. The second-order valence-corrected chi connectivity index (χ2v) is 25.9. The second-order valence-electron chi connectivity index (χ2n) is 24.8. The van der Waals surface area contributed by atoms with E-state index in [1.807, 2.05) is 0 Å². The van der Waals surface area contributed by atoms with Gasteiger partial charge in [-0.25, -0.2) is 4.18 Å². The fourth-order valence-corrected chi connectivity index (χ4v) is 12.3. The lowest BCUT2D eigenvalue weighted by Crippen LogP contribution is -2.61. The van der Waals surface area contributed by atoms with E-state index in [1.54, 1.807) is 0 Å². The molecule has 1 aliphatic heterocycles. The molecule has 0 aromatic carbocycles. The van der Waals surface area contributed by atoms with E-state index in [-0.39, 0.29) is 12.5 Å². The van der Waals surface area contributed by atoms with Gasteiger partial charge in [0.25, 0.3) is 0 Å². The van der Waals surface area contributed by atoms with Gasteiger partial charge in [-0.2, -0.15) is 8.42 Å². The number of ether oxygens (including phenoxy) is 2. The number of unbranched alkanes of at least 4 members (excludes halogenated alkanes) is 51. The van der Waals surface area contributed by atoms with E-state index in [0.29, 0.717) is 12.8 Å². The van der Waals surface area contributed by atoms with Crippen LogP contribution in [0.4, 0.5) is 0 Å². The molecule has 478 valence electrons. The Morgan fingerprint density at radius 3 is 1.00 bits per heavy atom. The summed E-state index contributed by atoms with van der Waals surface area (Å²) in [6, 6.07) is -0.854. The van der Waals surface area contributed by atoms with Gasteiger partial charge in [-0.15, -0.1) is 0 Å². The van der Waals surface area contributed by atoms with E-state index >= 15 is 0 Å². The Balaban J connectivity index is 2.13. The van der Waals surface area contributed by atoms with Crippen LogP contribution >= 0.6 is 0 Å². The Kier molecular flexibility index (Phi) is 55.1. The highest BCUT2D eigenvalue weighted by Crippen LogP contribution is 2.27. The molecule has 7 unspecified atom stereocenters. The Bertz CT molecular complexity index is 1410. The summed E-state index contributed by atoms with van der Waals surface area (Å²) in [5, 5.41) is 45.2. The third-order valence-electron chi connectivity index (χ3n) is 17.2. The van der Waals surface area contributed by atoms with Gasteiger partial charge in [-0.1, -0.05) is 348 Å². The number of nitrogens with one attached hydrogen (secondary N) is 1. The largest absolute Gasteiger partial charge is 0.397 e. The number of aliphatic hydroxyl groups excluding tert-OH is 4. The predicted octanol–water partition coefficient (Wildman–Crippen LogP) is 18.0. The Hall–Kier alpha value is -0.900. The van der Waals surface area contributed by atoms with Crippen molar-refractivity contribution in [1.82, 2.24) is 5.32 Å². The molecule has 0 saturated carbocycles. The Morgan fingerprint density at radius 1 is 0.450 bits per heavy atom. The molecule has 80 heavy (non-hydrogen) atoms. The Labute approximate surface area is 494 Å². The van der Waals surface area contributed by atoms with Crippen molar-refractivity contribution >= 4 is 16.3 Å².